The number of hydrogen-bond donors (Lipinski definition) is 1. The molecule has 0 bridgehead atoms. The maximum absolute atomic E-state index is 12.2. The van der Waals surface area contributed by atoms with E-state index in [0.29, 0.717) is 19.7 Å². The zero-order chi connectivity index (χ0) is 18.2. The Morgan fingerprint density at radius 3 is 2.69 bits per heavy atom. The number of pyridine rings is 1. The zero-order valence-electron chi connectivity index (χ0n) is 14.6. The van der Waals surface area contributed by atoms with Crippen LogP contribution in [0.4, 0.5) is 4.79 Å². The van der Waals surface area contributed by atoms with Crippen molar-refractivity contribution in [1.82, 2.24) is 15.2 Å². The number of thiophene rings is 1. The molecule has 3 rings (SSSR count). The number of aromatic nitrogens is 1. The lowest BCUT2D eigenvalue weighted by atomic mass is 10.2. The molecule has 0 aliphatic heterocycles. The van der Waals surface area contributed by atoms with Gasteiger partial charge >= 0.3 is 6.03 Å². The summed E-state index contributed by atoms with van der Waals surface area (Å²) in [5, 5.41) is 4.93. The largest absolute Gasteiger partial charge is 0.488 e. The highest BCUT2D eigenvalue weighted by Gasteiger charge is 2.09. The van der Waals surface area contributed by atoms with Gasteiger partial charge in [0.05, 0.1) is 0 Å². The van der Waals surface area contributed by atoms with Gasteiger partial charge in [-0.1, -0.05) is 24.3 Å². The van der Waals surface area contributed by atoms with Crippen LogP contribution in [0.3, 0.4) is 0 Å². The highest BCUT2D eigenvalue weighted by molar-refractivity contribution is 7.09. The average molecular weight is 367 g/mol. The van der Waals surface area contributed by atoms with E-state index in [1.807, 2.05) is 47.8 Å². The number of urea groups is 1. The minimum atomic E-state index is -0.119. The minimum Gasteiger partial charge on any atom is -0.488 e. The van der Waals surface area contributed by atoms with Gasteiger partial charge in [0.15, 0.2) is 0 Å². The normalized spacial score (nSPS) is 10.3. The maximum atomic E-state index is 12.2. The summed E-state index contributed by atoms with van der Waals surface area (Å²) in [7, 11) is 1.78. The van der Waals surface area contributed by atoms with Crippen LogP contribution in [0.25, 0.3) is 0 Å². The molecule has 26 heavy (non-hydrogen) atoms. The molecular formula is C20H21N3O2S. The van der Waals surface area contributed by atoms with E-state index in [1.165, 1.54) is 4.88 Å². The van der Waals surface area contributed by atoms with E-state index in [1.54, 1.807) is 35.7 Å². The number of ether oxygens (including phenoxy) is 1. The number of carbonyl (C=O) groups excluding carboxylic acids is 1. The van der Waals surface area contributed by atoms with Gasteiger partial charge in [-0.05, 0) is 40.8 Å². The first-order valence-corrected chi connectivity index (χ1v) is 9.20. The summed E-state index contributed by atoms with van der Waals surface area (Å²) < 4.78 is 5.76. The second kappa shape index (κ2) is 9.01. The molecule has 134 valence electrons. The molecule has 2 amide bonds. The van der Waals surface area contributed by atoms with Crippen LogP contribution in [0.5, 0.6) is 5.75 Å². The Kier molecular flexibility index (Phi) is 6.22. The molecule has 0 radical (unpaired) electrons. The lowest BCUT2D eigenvalue weighted by molar-refractivity contribution is 0.206. The number of nitrogens with one attached hydrogen (secondary N) is 1. The topological polar surface area (TPSA) is 54.5 Å². The molecule has 0 spiro atoms. The van der Waals surface area contributed by atoms with E-state index < -0.39 is 0 Å². The molecule has 0 aliphatic rings. The van der Waals surface area contributed by atoms with E-state index in [4.69, 9.17) is 4.74 Å². The fourth-order valence-corrected chi connectivity index (χ4v) is 3.02. The van der Waals surface area contributed by atoms with Gasteiger partial charge in [-0.3, -0.25) is 4.98 Å². The van der Waals surface area contributed by atoms with Gasteiger partial charge in [-0.25, -0.2) is 4.79 Å². The lowest BCUT2D eigenvalue weighted by Gasteiger charge is -2.18. The fourth-order valence-electron chi connectivity index (χ4n) is 2.40. The van der Waals surface area contributed by atoms with Gasteiger partial charge in [-0.15, -0.1) is 11.3 Å². The number of rotatable bonds is 7. The smallest absolute Gasteiger partial charge is 0.317 e. The number of carbonyl (C=O) groups is 1. The first-order chi connectivity index (χ1) is 12.7. The average Bonchev–Trinajstić information content (AvgIpc) is 3.20. The van der Waals surface area contributed by atoms with Crippen LogP contribution in [0.2, 0.25) is 0 Å². The van der Waals surface area contributed by atoms with Gasteiger partial charge < -0.3 is 15.0 Å². The van der Waals surface area contributed by atoms with Crippen molar-refractivity contribution in [2.75, 3.05) is 7.05 Å². The molecule has 0 atom stereocenters. The van der Waals surface area contributed by atoms with Crippen molar-refractivity contribution in [2.24, 2.45) is 0 Å². The van der Waals surface area contributed by atoms with Gasteiger partial charge in [-0.2, -0.15) is 0 Å². The van der Waals surface area contributed by atoms with Crippen LogP contribution in [-0.2, 0) is 19.7 Å². The summed E-state index contributed by atoms with van der Waals surface area (Å²) in [6, 6.07) is 15.6. The maximum Gasteiger partial charge on any atom is 0.317 e. The molecule has 2 aromatic heterocycles. The van der Waals surface area contributed by atoms with Gasteiger partial charge in [0.2, 0.25) is 0 Å². The molecule has 1 aromatic carbocycles. The molecule has 0 aliphatic carbocycles. The lowest BCUT2D eigenvalue weighted by Crippen LogP contribution is -2.36. The summed E-state index contributed by atoms with van der Waals surface area (Å²) in [4.78, 5) is 19.1. The van der Waals surface area contributed by atoms with E-state index in [2.05, 4.69) is 16.4 Å². The van der Waals surface area contributed by atoms with Crippen LogP contribution in [0, 0.1) is 0 Å². The summed E-state index contributed by atoms with van der Waals surface area (Å²) >= 11 is 1.68. The zero-order valence-corrected chi connectivity index (χ0v) is 15.4. The molecule has 0 saturated carbocycles. The summed E-state index contributed by atoms with van der Waals surface area (Å²) in [5.74, 6) is 0.825. The molecule has 0 unspecified atom stereocenters. The first kappa shape index (κ1) is 17.9. The third-order valence-corrected chi connectivity index (χ3v) is 4.67. The van der Waals surface area contributed by atoms with Crippen LogP contribution in [0.15, 0.2) is 66.3 Å². The van der Waals surface area contributed by atoms with Crippen LogP contribution >= 0.6 is 11.3 Å². The predicted octanol–water partition coefficient (Wildman–Crippen LogP) is 4.06. The van der Waals surface area contributed by atoms with E-state index >= 15 is 0 Å². The Labute approximate surface area is 157 Å². The quantitative estimate of drug-likeness (QED) is 0.685. The van der Waals surface area contributed by atoms with Gasteiger partial charge in [0.25, 0.3) is 0 Å². The second-order valence-electron chi connectivity index (χ2n) is 5.89. The molecular weight excluding hydrogens is 346 g/mol. The predicted molar refractivity (Wildman–Crippen MR) is 103 cm³/mol. The van der Waals surface area contributed by atoms with Crippen molar-refractivity contribution in [2.45, 2.75) is 19.7 Å². The van der Waals surface area contributed by atoms with Crippen molar-refractivity contribution < 1.29 is 9.53 Å². The van der Waals surface area contributed by atoms with Gasteiger partial charge in [0.1, 0.15) is 12.4 Å². The highest BCUT2D eigenvalue weighted by atomic mass is 32.1. The fraction of sp³-hybridized carbons (Fsp3) is 0.200. The molecule has 0 saturated heterocycles. The number of amides is 2. The Balaban J connectivity index is 1.45. The van der Waals surface area contributed by atoms with Crippen molar-refractivity contribution in [3.05, 3.63) is 82.3 Å². The Bertz CT molecular complexity index is 805. The molecule has 1 N–H and O–H groups in total. The molecule has 2 heterocycles. The molecule has 6 heteroatoms. The third-order valence-electron chi connectivity index (χ3n) is 3.82. The summed E-state index contributed by atoms with van der Waals surface area (Å²) in [6.45, 7) is 1.57. The van der Waals surface area contributed by atoms with Crippen molar-refractivity contribution >= 4 is 17.4 Å². The summed E-state index contributed by atoms with van der Waals surface area (Å²) in [5.41, 5.74) is 2.02. The Morgan fingerprint density at radius 1 is 1.15 bits per heavy atom. The molecule has 0 fully saturated rings. The van der Waals surface area contributed by atoms with Crippen LogP contribution < -0.4 is 10.1 Å². The molecule has 3 aromatic rings. The van der Waals surface area contributed by atoms with Crippen LogP contribution in [0.1, 0.15) is 16.0 Å². The SMILES string of the molecule is CN(Cc1ccc(OCc2cccs2)cc1)C(=O)NCc1cccnc1. The van der Waals surface area contributed by atoms with E-state index in [0.717, 1.165) is 16.9 Å². The van der Waals surface area contributed by atoms with Crippen molar-refractivity contribution in [3.63, 3.8) is 0 Å². The third kappa shape index (κ3) is 5.32. The first-order valence-electron chi connectivity index (χ1n) is 8.33. The van der Waals surface area contributed by atoms with Crippen molar-refractivity contribution in [3.8, 4) is 5.75 Å². The monoisotopic (exact) mass is 367 g/mol. The minimum absolute atomic E-state index is 0.119. The van der Waals surface area contributed by atoms with Crippen LogP contribution in [-0.4, -0.2) is 23.0 Å². The Hall–Kier alpha value is -2.86. The van der Waals surface area contributed by atoms with E-state index in [-0.39, 0.29) is 6.03 Å². The standard InChI is InChI=1S/C20H21N3O2S/c1-23(20(24)22-13-17-4-2-10-21-12-17)14-16-6-8-18(9-7-16)25-15-19-5-3-11-26-19/h2-12H,13-15H2,1H3,(H,22,24). The second-order valence-corrected chi connectivity index (χ2v) is 6.92. The number of hydrogen-bond acceptors (Lipinski definition) is 4. The van der Waals surface area contributed by atoms with Gasteiger partial charge in [0, 0.05) is 37.4 Å². The molecule has 5 nitrogen and oxygen atoms in total. The number of benzene rings is 1. The number of nitrogens with zero attached hydrogens (tertiary/aromatic N) is 2. The highest BCUT2D eigenvalue weighted by Crippen LogP contribution is 2.17. The summed E-state index contributed by atoms with van der Waals surface area (Å²) in [6.07, 6.45) is 3.46. The van der Waals surface area contributed by atoms with E-state index in [9.17, 15) is 4.79 Å². The van der Waals surface area contributed by atoms with Crippen molar-refractivity contribution in [1.29, 1.82) is 0 Å². The Morgan fingerprint density at radius 2 is 2.00 bits per heavy atom.